The zero-order valence-electron chi connectivity index (χ0n) is 11.2. The summed E-state index contributed by atoms with van der Waals surface area (Å²) in [5.41, 5.74) is 1.22. The number of amides is 1. The summed E-state index contributed by atoms with van der Waals surface area (Å²) < 4.78 is 5.25. The highest BCUT2D eigenvalue weighted by molar-refractivity contribution is 5.87. The smallest absolute Gasteiger partial charge is 0.216 e. The lowest BCUT2D eigenvalue weighted by Crippen LogP contribution is -2.22. The van der Waals surface area contributed by atoms with Crippen LogP contribution in [0.2, 0.25) is 0 Å². The van der Waals surface area contributed by atoms with E-state index in [0.29, 0.717) is 6.54 Å². The van der Waals surface area contributed by atoms with Crippen LogP contribution in [0.3, 0.4) is 0 Å². The quantitative estimate of drug-likeness (QED) is 0.910. The molecule has 3 N–H and O–H groups in total. The van der Waals surface area contributed by atoms with Crippen LogP contribution in [0.4, 0.5) is 0 Å². The molecule has 2 aromatic carbocycles. The highest BCUT2D eigenvalue weighted by atomic mass is 16.5. The Hall–Kier alpha value is -2.07. The zero-order chi connectivity index (χ0) is 13.0. The van der Waals surface area contributed by atoms with Crippen molar-refractivity contribution in [3.8, 4) is 5.75 Å². The summed E-state index contributed by atoms with van der Waals surface area (Å²) in [4.78, 5) is 10.9. The number of ether oxygens (including phenoxy) is 1. The van der Waals surface area contributed by atoms with E-state index in [1.807, 2.05) is 18.2 Å². The molecule has 2 rings (SSSR count). The molecular weight excluding hydrogens is 242 g/mol. The molecule has 0 aliphatic carbocycles. The highest BCUT2D eigenvalue weighted by Gasteiger charge is 2.03. The molecule has 0 unspecified atom stereocenters. The molecule has 0 spiro atoms. The minimum absolute atomic E-state index is 0. The van der Waals surface area contributed by atoms with Gasteiger partial charge < -0.3 is 15.5 Å². The monoisotopic (exact) mass is 261 g/mol. The third kappa shape index (κ3) is 3.69. The van der Waals surface area contributed by atoms with Crippen molar-refractivity contribution in [3.05, 3.63) is 42.0 Å². The van der Waals surface area contributed by atoms with Crippen molar-refractivity contribution in [2.24, 2.45) is 0 Å². The Morgan fingerprint density at radius 1 is 1.26 bits per heavy atom. The van der Waals surface area contributed by atoms with E-state index in [2.05, 4.69) is 23.5 Å². The van der Waals surface area contributed by atoms with Crippen LogP contribution >= 0.6 is 0 Å². The van der Waals surface area contributed by atoms with Crippen molar-refractivity contribution in [2.45, 2.75) is 13.3 Å². The van der Waals surface area contributed by atoms with Gasteiger partial charge in [-0.2, -0.15) is 0 Å². The lowest BCUT2D eigenvalue weighted by Gasteiger charge is -2.08. The highest BCUT2D eigenvalue weighted by Crippen LogP contribution is 2.24. The normalized spacial score (nSPS) is 9.79. The molecule has 0 heterocycles. The van der Waals surface area contributed by atoms with E-state index in [1.165, 1.54) is 23.3 Å². The fourth-order valence-corrected chi connectivity index (χ4v) is 2.03. The first-order valence-electron chi connectivity index (χ1n) is 6.01. The van der Waals surface area contributed by atoms with Gasteiger partial charge in [0.05, 0.1) is 7.11 Å². The van der Waals surface area contributed by atoms with Crippen LogP contribution in [0.5, 0.6) is 5.75 Å². The van der Waals surface area contributed by atoms with Gasteiger partial charge in [0.25, 0.3) is 0 Å². The van der Waals surface area contributed by atoms with Gasteiger partial charge in [-0.1, -0.05) is 24.3 Å². The molecule has 4 heteroatoms. The summed E-state index contributed by atoms with van der Waals surface area (Å²) in [5.74, 6) is 0.863. The van der Waals surface area contributed by atoms with Gasteiger partial charge in [0.1, 0.15) is 5.75 Å². The maximum Gasteiger partial charge on any atom is 0.216 e. The topological polar surface area (TPSA) is 69.8 Å². The fraction of sp³-hybridized carbons (Fsp3) is 0.267. The molecule has 0 aromatic heterocycles. The second-order valence-electron chi connectivity index (χ2n) is 4.24. The van der Waals surface area contributed by atoms with Crippen LogP contribution in [0.1, 0.15) is 12.5 Å². The Balaban J connectivity index is 0.00000180. The van der Waals surface area contributed by atoms with Gasteiger partial charge in [-0.25, -0.2) is 0 Å². The minimum Gasteiger partial charge on any atom is -0.497 e. The molecule has 0 radical (unpaired) electrons. The Kier molecular flexibility index (Phi) is 5.33. The molecular formula is C15H19NO3. The van der Waals surface area contributed by atoms with Crippen molar-refractivity contribution >= 4 is 16.7 Å². The van der Waals surface area contributed by atoms with E-state index in [9.17, 15) is 4.79 Å². The number of hydrogen-bond donors (Lipinski definition) is 1. The predicted octanol–water partition coefficient (Wildman–Crippen LogP) is 1.70. The maximum absolute atomic E-state index is 10.9. The van der Waals surface area contributed by atoms with Crippen LogP contribution in [0.15, 0.2) is 36.4 Å². The number of methoxy groups -OCH3 is 1. The lowest BCUT2D eigenvalue weighted by atomic mass is 10.0. The summed E-state index contributed by atoms with van der Waals surface area (Å²) in [6.45, 7) is 2.19. The number of nitrogens with one attached hydrogen (secondary N) is 1. The van der Waals surface area contributed by atoms with Gasteiger partial charge in [-0.05, 0) is 34.9 Å². The van der Waals surface area contributed by atoms with E-state index in [-0.39, 0.29) is 11.4 Å². The second kappa shape index (κ2) is 6.75. The van der Waals surface area contributed by atoms with Gasteiger partial charge in [-0.3, -0.25) is 4.79 Å². The van der Waals surface area contributed by atoms with Crippen molar-refractivity contribution in [3.63, 3.8) is 0 Å². The van der Waals surface area contributed by atoms with E-state index in [4.69, 9.17) is 4.74 Å². The van der Waals surface area contributed by atoms with Crippen molar-refractivity contribution in [1.82, 2.24) is 5.32 Å². The first-order valence-corrected chi connectivity index (χ1v) is 6.01. The molecule has 0 saturated heterocycles. The summed E-state index contributed by atoms with van der Waals surface area (Å²) in [6.07, 6.45) is 0.823. The Bertz CT molecular complexity index is 566. The molecule has 2 aromatic rings. The molecule has 0 aliphatic rings. The molecule has 102 valence electrons. The maximum atomic E-state index is 10.9. The van der Waals surface area contributed by atoms with Crippen molar-refractivity contribution in [1.29, 1.82) is 0 Å². The number of fused-ring (bicyclic) bond motifs is 1. The average Bonchev–Trinajstić information content (AvgIpc) is 2.38. The molecule has 4 nitrogen and oxygen atoms in total. The van der Waals surface area contributed by atoms with Gasteiger partial charge in [0.15, 0.2) is 0 Å². The summed E-state index contributed by atoms with van der Waals surface area (Å²) in [5, 5.41) is 5.19. The average molecular weight is 261 g/mol. The first-order chi connectivity index (χ1) is 8.70. The van der Waals surface area contributed by atoms with Crippen LogP contribution in [-0.4, -0.2) is 25.0 Å². The van der Waals surface area contributed by atoms with Gasteiger partial charge in [0, 0.05) is 13.5 Å². The van der Waals surface area contributed by atoms with Gasteiger partial charge >= 0.3 is 0 Å². The molecule has 1 amide bonds. The first kappa shape index (κ1) is 15.0. The predicted molar refractivity (Wildman–Crippen MR) is 76.5 cm³/mol. The fourth-order valence-electron chi connectivity index (χ4n) is 2.03. The summed E-state index contributed by atoms with van der Waals surface area (Å²) in [7, 11) is 1.67. The summed E-state index contributed by atoms with van der Waals surface area (Å²) >= 11 is 0. The number of carbonyl (C=O) groups excluding carboxylic acids is 1. The third-order valence-corrected chi connectivity index (χ3v) is 2.95. The molecule has 0 saturated carbocycles. The standard InChI is InChI=1S/C15H17NO2.H2O/c1-11(17)16-9-8-13-5-3-4-12-6-7-14(18-2)10-15(12)13;/h3-7,10H,8-9H2,1-2H3,(H,16,17);1H2. The van der Waals surface area contributed by atoms with Crippen LogP contribution < -0.4 is 10.1 Å². The number of carbonyl (C=O) groups is 1. The van der Waals surface area contributed by atoms with Crippen molar-refractivity contribution in [2.75, 3.05) is 13.7 Å². The minimum atomic E-state index is 0. The summed E-state index contributed by atoms with van der Waals surface area (Å²) in [6, 6.07) is 12.3. The number of hydrogen-bond acceptors (Lipinski definition) is 2. The number of benzene rings is 2. The Morgan fingerprint density at radius 3 is 2.74 bits per heavy atom. The van der Waals surface area contributed by atoms with Crippen LogP contribution in [0, 0.1) is 0 Å². The number of rotatable bonds is 4. The molecule has 0 fully saturated rings. The van der Waals surface area contributed by atoms with Crippen molar-refractivity contribution < 1.29 is 15.0 Å². The Labute approximate surface area is 112 Å². The second-order valence-corrected chi connectivity index (χ2v) is 4.24. The van der Waals surface area contributed by atoms with E-state index in [0.717, 1.165) is 12.2 Å². The largest absolute Gasteiger partial charge is 0.497 e. The SMILES string of the molecule is COc1ccc2cccc(CCNC(C)=O)c2c1.O. The molecule has 19 heavy (non-hydrogen) atoms. The van der Waals surface area contributed by atoms with E-state index < -0.39 is 0 Å². The van der Waals surface area contributed by atoms with E-state index in [1.54, 1.807) is 7.11 Å². The van der Waals surface area contributed by atoms with Gasteiger partial charge in [-0.15, -0.1) is 0 Å². The molecule has 0 bridgehead atoms. The van der Waals surface area contributed by atoms with E-state index >= 15 is 0 Å². The zero-order valence-corrected chi connectivity index (χ0v) is 11.2. The lowest BCUT2D eigenvalue weighted by molar-refractivity contribution is -0.118. The van der Waals surface area contributed by atoms with Crippen LogP contribution in [0.25, 0.3) is 10.8 Å². The Morgan fingerprint density at radius 2 is 2.05 bits per heavy atom. The molecule has 0 atom stereocenters. The molecule has 0 aliphatic heterocycles. The third-order valence-electron chi connectivity index (χ3n) is 2.95. The van der Waals surface area contributed by atoms with Crippen LogP contribution in [-0.2, 0) is 11.2 Å². The van der Waals surface area contributed by atoms with Gasteiger partial charge in [0.2, 0.25) is 5.91 Å².